The summed E-state index contributed by atoms with van der Waals surface area (Å²) >= 11 is 3.11. The van der Waals surface area contributed by atoms with Crippen LogP contribution in [0.25, 0.3) is 0 Å². The van der Waals surface area contributed by atoms with Crippen molar-refractivity contribution in [1.29, 1.82) is 0 Å². The highest BCUT2D eigenvalue weighted by Crippen LogP contribution is 1.90. The average molecular weight is 197 g/mol. The fourth-order valence-corrected chi connectivity index (χ4v) is 2.44. The van der Waals surface area contributed by atoms with Crippen LogP contribution in [-0.4, -0.2) is 23.2 Å². The first-order valence-corrected chi connectivity index (χ1v) is 7.20. The van der Waals surface area contributed by atoms with Crippen molar-refractivity contribution in [3.63, 3.8) is 0 Å². The number of pyridine rings is 1. The first-order valence-electron chi connectivity index (χ1n) is 2.60. The number of nitrogens with two attached hydrogens (primary N) is 1. The molecule has 4 heteroatoms. The zero-order chi connectivity index (χ0) is 6.69. The molecule has 0 aliphatic rings. The lowest BCUT2D eigenvalue weighted by atomic mass is 10.5. The van der Waals surface area contributed by atoms with E-state index in [1.807, 2.05) is 12.1 Å². The van der Waals surface area contributed by atoms with E-state index in [1.54, 1.807) is 6.20 Å². The minimum Gasteiger partial charge on any atom is -0.386 e. The SMILES string of the molecule is Nc1nccc[c]1[Mg][Br]. The molecule has 1 aromatic heterocycles. The largest absolute Gasteiger partial charge is 0.512 e. The average Bonchev–Trinajstić information content (AvgIpc) is 1.89. The van der Waals surface area contributed by atoms with E-state index in [2.05, 4.69) is 17.9 Å². The number of anilines is 1. The van der Waals surface area contributed by atoms with E-state index in [0.717, 1.165) is 0 Å². The van der Waals surface area contributed by atoms with Gasteiger partial charge in [0.2, 0.25) is 0 Å². The van der Waals surface area contributed by atoms with Gasteiger partial charge in [-0.25, -0.2) is 4.98 Å². The van der Waals surface area contributed by atoms with Crippen molar-refractivity contribution in [2.24, 2.45) is 0 Å². The number of nitrogens with zero attached hydrogens (tertiary/aromatic N) is 1. The summed E-state index contributed by atoms with van der Waals surface area (Å²) in [7, 11) is 0. The van der Waals surface area contributed by atoms with Gasteiger partial charge in [0.05, 0.1) is 5.82 Å². The van der Waals surface area contributed by atoms with Crippen LogP contribution >= 0.6 is 12.9 Å². The Bertz CT molecular complexity index is 204. The van der Waals surface area contributed by atoms with E-state index < -0.39 is 0 Å². The Morgan fingerprint density at radius 2 is 2.44 bits per heavy atom. The van der Waals surface area contributed by atoms with Crippen LogP contribution in [0.5, 0.6) is 0 Å². The molecule has 0 saturated heterocycles. The van der Waals surface area contributed by atoms with Gasteiger partial charge in [0.15, 0.2) is 0 Å². The first kappa shape index (κ1) is 7.30. The van der Waals surface area contributed by atoms with E-state index in [1.165, 1.54) is 3.69 Å². The smallest absolute Gasteiger partial charge is 0.386 e. The molecule has 1 aromatic rings. The van der Waals surface area contributed by atoms with Crippen molar-refractivity contribution in [2.75, 3.05) is 5.73 Å². The number of hydrogen-bond acceptors (Lipinski definition) is 2. The molecule has 1 heterocycles. The maximum atomic E-state index is 5.52. The van der Waals surface area contributed by atoms with Crippen LogP contribution in [0.4, 0.5) is 5.82 Å². The highest BCUT2D eigenvalue weighted by Gasteiger charge is 1.97. The summed E-state index contributed by atoms with van der Waals surface area (Å²) in [5, 5.41) is 0. The van der Waals surface area contributed by atoms with Crippen LogP contribution in [-0.2, 0) is 0 Å². The lowest BCUT2D eigenvalue weighted by Gasteiger charge is -1.96. The summed E-state index contributed by atoms with van der Waals surface area (Å²) in [6, 6.07) is 3.91. The topological polar surface area (TPSA) is 38.9 Å². The van der Waals surface area contributed by atoms with Crippen molar-refractivity contribution < 1.29 is 0 Å². The fraction of sp³-hybridized carbons (Fsp3) is 0. The summed E-state index contributed by atoms with van der Waals surface area (Å²) in [4.78, 5) is 3.93. The van der Waals surface area contributed by atoms with E-state index in [9.17, 15) is 0 Å². The second kappa shape index (κ2) is 3.39. The predicted octanol–water partition coefficient (Wildman–Crippen LogP) is 0.303. The van der Waals surface area contributed by atoms with Crippen LogP contribution in [0.2, 0.25) is 0 Å². The molecule has 0 radical (unpaired) electrons. The van der Waals surface area contributed by atoms with Crippen molar-refractivity contribution in [2.45, 2.75) is 0 Å². The summed E-state index contributed by atoms with van der Waals surface area (Å²) in [5.41, 5.74) is 5.52. The Labute approximate surface area is 69.4 Å². The normalized spacial score (nSPS) is 8.56. The predicted molar refractivity (Wildman–Crippen MR) is 43.0 cm³/mol. The molecule has 0 aliphatic carbocycles. The van der Waals surface area contributed by atoms with Gasteiger partial charge < -0.3 is 5.73 Å². The minimum absolute atomic E-state index is 0.313. The minimum atomic E-state index is -0.313. The molecule has 1 rings (SSSR count). The van der Waals surface area contributed by atoms with Crippen molar-refractivity contribution in [1.82, 2.24) is 4.98 Å². The summed E-state index contributed by atoms with van der Waals surface area (Å²) in [5.74, 6) is 0.668. The molecule has 0 amide bonds. The van der Waals surface area contributed by atoms with E-state index in [4.69, 9.17) is 5.73 Å². The molecule has 0 spiro atoms. The van der Waals surface area contributed by atoms with Gasteiger partial charge in [0.1, 0.15) is 0 Å². The Morgan fingerprint density at radius 1 is 1.67 bits per heavy atom. The van der Waals surface area contributed by atoms with Crippen molar-refractivity contribution in [3.8, 4) is 0 Å². The third-order valence-corrected chi connectivity index (χ3v) is 3.77. The third kappa shape index (κ3) is 1.81. The molecule has 0 aromatic carbocycles. The zero-order valence-electron chi connectivity index (χ0n) is 4.84. The van der Waals surface area contributed by atoms with Crippen molar-refractivity contribution >= 4 is 40.6 Å². The quantitative estimate of drug-likeness (QED) is 0.658. The summed E-state index contributed by atoms with van der Waals surface area (Å²) in [6.07, 6.45) is 1.70. The monoisotopic (exact) mass is 196 g/mol. The zero-order valence-corrected chi connectivity index (χ0v) is 7.84. The summed E-state index contributed by atoms with van der Waals surface area (Å²) in [6.45, 7) is 0. The number of hydrogen-bond donors (Lipinski definition) is 1. The number of aromatic nitrogens is 1. The van der Waals surface area contributed by atoms with Crippen LogP contribution in [0.15, 0.2) is 18.3 Å². The second-order valence-electron chi connectivity index (χ2n) is 1.68. The lowest BCUT2D eigenvalue weighted by molar-refractivity contribution is 1.36. The molecule has 0 unspecified atom stereocenters. The van der Waals surface area contributed by atoms with Gasteiger partial charge in [-0.1, -0.05) is 6.07 Å². The van der Waals surface area contributed by atoms with Crippen LogP contribution in [0.3, 0.4) is 0 Å². The van der Waals surface area contributed by atoms with E-state index >= 15 is 0 Å². The van der Waals surface area contributed by atoms with Gasteiger partial charge in [-0.05, 0) is 6.07 Å². The molecule has 2 N–H and O–H groups in total. The number of rotatable bonds is 1. The summed E-state index contributed by atoms with van der Waals surface area (Å²) < 4.78 is 1.18. The molecule has 0 bridgehead atoms. The van der Waals surface area contributed by atoms with Crippen LogP contribution < -0.4 is 9.43 Å². The highest BCUT2D eigenvalue weighted by atomic mass is 79.9. The second-order valence-corrected chi connectivity index (χ2v) is 4.39. The Balaban J connectivity index is 3.01. The van der Waals surface area contributed by atoms with Gasteiger partial charge in [0.25, 0.3) is 0 Å². The van der Waals surface area contributed by atoms with Gasteiger partial charge >= 0.3 is 18.2 Å². The Hall–Kier alpha value is 0.196. The molecule has 0 saturated carbocycles. The molecule has 0 atom stereocenters. The van der Waals surface area contributed by atoms with E-state index in [-0.39, 0.29) is 18.2 Å². The fourth-order valence-electron chi connectivity index (χ4n) is 0.564. The standard InChI is InChI=1S/C5H5N2.BrH.Mg/c6-5-3-1-2-4-7-5;;/h1-2,4H,(H2,6,7);1H;/q;;+1/p-1. The van der Waals surface area contributed by atoms with Crippen molar-refractivity contribution in [3.05, 3.63) is 18.3 Å². The van der Waals surface area contributed by atoms with E-state index in [0.29, 0.717) is 5.82 Å². The molecule has 9 heavy (non-hydrogen) atoms. The third-order valence-electron chi connectivity index (χ3n) is 1.07. The van der Waals surface area contributed by atoms with Crippen LogP contribution in [0, 0.1) is 0 Å². The Kier molecular flexibility index (Phi) is 2.75. The molecular weight excluding hydrogens is 192 g/mol. The maximum Gasteiger partial charge on any atom is 0.512 e. The molecular formula is C5H5BrMgN2. The molecule has 44 valence electrons. The molecule has 2 nitrogen and oxygen atoms in total. The highest BCUT2D eigenvalue weighted by molar-refractivity contribution is 9.23. The van der Waals surface area contributed by atoms with Crippen LogP contribution in [0.1, 0.15) is 0 Å². The van der Waals surface area contributed by atoms with Gasteiger partial charge in [-0.2, -0.15) is 0 Å². The van der Waals surface area contributed by atoms with Gasteiger partial charge in [-0.15, -0.1) is 3.69 Å². The lowest BCUT2D eigenvalue weighted by Crippen LogP contribution is -2.14. The van der Waals surface area contributed by atoms with Gasteiger partial charge in [-0.3, -0.25) is 12.9 Å². The number of nitrogen functional groups attached to an aromatic ring is 1. The first-order chi connectivity index (χ1) is 4.34. The number of halogens is 1. The Morgan fingerprint density at radius 3 is 2.89 bits per heavy atom. The maximum absolute atomic E-state index is 5.52. The molecule has 0 fully saturated rings. The van der Waals surface area contributed by atoms with Gasteiger partial charge in [0, 0.05) is 6.20 Å². The molecule has 0 aliphatic heterocycles.